The van der Waals surface area contributed by atoms with E-state index in [1.54, 1.807) is 0 Å². The lowest BCUT2D eigenvalue weighted by molar-refractivity contribution is -0.387. The minimum atomic E-state index is -1.05. The number of ether oxygens (including phenoxy) is 2. The smallest absolute Gasteiger partial charge is 0.342 e. The van der Waals surface area contributed by atoms with Gasteiger partial charge in [-0.2, -0.15) is 4.39 Å². The first-order valence-corrected chi connectivity index (χ1v) is 7.10. The highest BCUT2D eigenvalue weighted by Gasteiger charge is 2.18. The van der Waals surface area contributed by atoms with Crippen molar-refractivity contribution in [1.82, 2.24) is 0 Å². The minimum absolute atomic E-state index is 0.0385. The van der Waals surface area contributed by atoms with Crippen LogP contribution in [0.3, 0.4) is 0 Å². The highest BCUT2D eigenvalue weighted by atomic mass is 19.1. The van der Waals surface area contributed by atoms with Gasteiger partial charge in [-0.05, 0) is 24.3 Å². The molecule has 2 aromatic rings. The molecule has 136 valence electrons. The van der Waals surface area contributed by atoms with Crippen LogP contribution in [0, 0.1) is 15.9 Å². The molecule has 2 aromatic carbocycles. The van der Waals surface area contributed by atoms with Gasteiger partial charge in [0.05, 0.1) is 12.0 Å². The summed E-state index contributed by atoms with van der Waals surface area (Å²) in [5.74, 6) is -3.20. The van der Waals surface area contributed by atoms with Crippen molar-refractivity contribution < 1.29 is 33.5 Å². The molecule has 0 unspecified atom stereocenters. The quantitative estimate of drug-likeness (QED) is 0.457. The topological polar surface area (TPSA) is 128 Å². The fourth-order valence-corrected chi connectivity index (χ4v) is 1.99. The van der Waals surface area contributed by atoms with E-state index in [1.807, 2.05) is 0 Å². The Bertz CT molecular complexity index is 870. The lowest BCUT2D eigenvalue weighted by Crippen LogP contribution is -2.21. The summed E-state index contributed by atoms with van der Waals surface area (Å²) in [5.41, 5.74) is -1.04. The average Bonchev–Trinajstić information content (AvgIpc) is 2.61. The largest absolute Gasteiger partial charge is 0.504 e. The zero-order chi connectivity index (χ0) is 19.3. The number of carbonyl (C=O) groups is 2. The number of esters is 1. The molecule has 0 bridgehead atoms. The first-order chi connectivity index (χ1) is 12.3. The summed E-state index contributed by atoms with van der Waals surface area (Å²) in [7, 11) is 1.31. The van der Waals surface area contributed by atoms with Crippen molar-refractivity contribution in [2.75, 3.05) is 19.0 Å². The molecule has 0 saturated heterocycles. The third kappa shape index (κ3) is 4.23. The van der Waals surface area contributed by atoms with Crippen molar-refractivity contribution in [2.24, 2.45) is 0 Å². The molecule has 0 saturated carbocycles. The van der Waals surface area contributed by atoms with Gasteiger partial charge >= 0.3 is 11.7 Å². The van der Waals surface area contributed by atoms with Crippen LogP contribution in [-0.4, -0.2) is 35.6 Å². The van der Waals surface area contributed by atoms with E-state index in [0.29, 0.717) is 0 Å². The molecule has 0 aliphatic carbocycles. The molecule has 0 aliphatic heterocycles. The van der Waals surface area contributed by atoms with Crippen LogP contribution in [0.4, 0.5) is 15.8 Å². The number of phenols is 1. The van der Waals surface area contributed by atoms with E-state index >= 15 is 0 Å². The summed E-state index contributed by atoms with van der Waals surface area (Å²) in [6.07, 6.45) is 0. The van der Waals surface area contributed by atoms with Gasteiger partial charge in [-0.1, -0.05) is 6.07 Å². The van der Waals surface area contributed by atoms with Gasteiger partial charge in [-0.3, -0.25) is 14.9 Å². The summed E-state index contributed by atoms with van der Waals surface area (Å²) in [6.45, 7) is -0.722. The molecule has 26 heavy (non-hydrogen) atoms. The summed E-state index contributed by atoms with van der Waals surface area (Å²) in [6, 6.07) is 6.95. The van der Waals surface area contributed by atoms with Gasteiger partial charge in [-0.25, -0.2) is 4.79 Å². The van der Waals surface area contributed by atoms with Gasteiger partial charge < -0.3 is 19.9 Å². The third-order valence-corrected chi connectivity index (χ3v) is 3.20. The molecular formula is C16H13FN2O7. The maximum atomic E-state index is 13.2. The van der Waals surface area contributed by atoms with Crippen molar-refractivity contribution in [3.8, 4) is 11.5 Å². The van der Waals surface area contributed by atoms with E-state index in [9.17, 15) is 29.2 Å². The van der Waals surface area contributed by atoms with E-state index in [-0.39, 0.29) is 17.0 Å². The molecule has 2 rings (SSSR count). The lowest BCUT2D eigenvalue weighted by atomic mass is 10.2. The SMILES string of the molecule is COc1cccc(C(=O)OCC(=O)Nc2ccc(F)c([N+](=O)[O-])c2)c1O. The molecule has 0 aromatic heterocycles. The maximum Gasteiger partial charge on any atom is 0.342 e. The van der Waals surface area contributed by atoms with Crippen LogP contribution in [0.1, 0.15) is 10.4 Å². The predicted octanol–water partition coefficient (Wildman–Crippen LogP) is 2.24. The second kappa shape index (κ2) is 7.92. The van der Waals surface area contributed by atoms with Gasteiger partial charge in [-0.15, -0.1) is 0 Å². The van der Waals surface area contributed by atoms with Crippen LogP contribution in [0.5, 0.6) is 11.5 Å². The van der Waals surface area contributed by atoms with Crippen molar-refractivity contribution >= 4 is 23.3 Å². The minimum Gasteiger partial charge on any atom is -0.504 e. The van der Waals surface area contributed by atoms with E-state index in [0.717, 1.165) is 18.2 Å². The Balaban J connectivity index is 2.00. The Hall–Kier alpha value is -3.69. The number of anilines is 1. The Morgan fingerprint density at radius 2 is 2.04 bits per heavy atom. The first-order valence-electron chi connectivity index (χ1n) is 7.10. The lowest BCUT2D eigenvalue weighted by Gasteiger charge is -2.09. The predicted molar refractivity (Wildman–Crippen MR) is 86.6 cm³/mol. The summed E-state index contributed by atoms with van der Waals surface area (Å²) >= 11 is 0. The summed E-state index contributed by atoms with van der Waals surface area (Å²) in [4.78, 5) is 33.4. The van der Waals surface area contributed by atoms with Crippen molar-refractivity contribution in [3.05, 3.63) is 57.9 Å². The number of methoxy groups -OCH3 is 1. The van der Waals surface area contributed by atoms with Gasteiger partial charge in [0, 0.05) is 11.8 Å². The molecule has 0 spiro atoms. The van der Waals surface area contributed by atoms with Crippen LogP contribution in [0.2, 0.25) is 0 Å². The monoisotopic (exact) mass is 364 g/mol. The highest BCUT2D eigenvalue weighted by Crippen LogP contribution is 2.29. The number of nitrogens with zero attached hydrogens (tertiary/aromatic N) is 1. The molecule has 1 amide bonds. The van der Waals surface area contributed by atoms with Gasteiger partial charge in [0.1, 0.15) is 5.56 Å². The first kappa shape index (κ1) is 18.6. The van der Waals surface area contributed by atoms with Crippen molar-refractivity contribution in [1.29, 1.82) is 0 Å². The zero-order valence-corrected chi connectivity index (χ0v) is 13.4. The van der Waals surface area contributed by atoms with Gasteiger partial charge in [0.2, 0.25) is 5.82 Å². The van der Waals surface area contributed by atoms with E-state index in [1.165, 1.54) is 25.3 Å². The average molecular weight is 364 g/mol. The van der Waals surface area contributed by atoms with Crippen molar-refractivity contribution in [3.63, 3.8) is 0 Å². The summed E-state index contributed by atoms with van der Waals surface area (Å²) < 4.78 is 22.9. The van der Waals surface area contributed by atoms with E-state index in [4.69, 9.17) is 9.47 Å². The van der Waals surface area contributed by atoms with Crippen LogP contribution in [0.25, 0.3) is 0 Å². The Morgan fingerprint density at radius 1 is 1.31 bits per heavy atom. The molecular weight excluding hydrogens is 351 g/mol. The van der Waals surface area contributed by atoms with Gasteiger partial charge in [0.15, 0.2) is 18.1 Å². The second-order valence-corrected chi connectivity index (χ2v) is 4.90. The number of hydrogen-bond acceptors (Lipinski definition) is 7. The van der Waals surface area contributed by atoms with Gasteiger partial charge in [0.25, 0.3) is 5.91 Å². The fourth-order valence-electron chi connectivity index (χ4n) is 1.99. The number of amides is 1. The Labute approximate surface area is 146 Å². The number of nitro benzene ring substituents is 1. The normalized spacial score (nSPS) is 10.1. The zero-order valence-electron chi connectivity index (χ0n) is 13.4. The van der Waals surface area contributed by atoms with Crippen LogP contribution in [0.15, 0.2) is 36.4 Å². The van der Waals surface area contributed by atoms with E-state index in [2.05, 4.69) is 5.32 Å². The highest BCUT2D eigenvalue weighted by molar-refractivity contribution is 5.97. The molecule has 2 N–H and O–H groups in total. The van der Waals surface area contributed by atoms with E-state index < -0.39 is 40.7 Å². The van der Waals surface area contributed by atoms with Crippen LogP contribution in [-0.2, 0) is 9.53 Å². The molecule has 9 nitrogen and oxygen atoms in total. The molecule has 0 aliphatic rings. The molecule has 0 fully saturated rings. The molecule has 0 heterocycles. The Morgan fingerprint density at radius 3 is 2.69 bits per heavy atom. The molecule has 10 heteroatoms. The number of rotatable bonds is 6. The number of benzene rings is 2. The number of para-hydroxylation sites is 1. The molecule has 0 atom stereocenters. The number of nitro groups is 1. The Kier molecular flexibility index (Phi) is 5.68. The number of hydrogen-bond donors (Lipinski definition) is 2. The number of phenolic OH excluding ortho intramolecular Hbond substituents is 1. The molecule has 0 radical (unpaired) electrons. The number of halogens is 1. The summed E-state index contributed by atoms with van der Waals surface area (Å²) in [5, 5.41) is 22.7. The second-order valence-electron chi connectivity index (χ2n) is 4.90. The van der Waals surface area contributed by atoms with Crippen LogP contribution >= 0.6 is 0 Å². The maximum absolute atomic E-state index is 13.2. The third-order valence-electron chi connectivity index (χ3n) is 3.20. The number of nitrogens with one attached hydrogen (secondary N) is 1. The standard InChI is InChI=1S/C16H13FN2O7/c1-25-13-4-2-3-10(15(13)21)16(22)26-8-14(20)18-9-5-6-11(17)12(7-9)19(23)24/h2-7,21H,8H2,1H3,(H,18,20). The fraction of sp³-hybridized carbons (Fsp3) is 0.125. The van der Waals surface area contributed by atoms with Crippen LogP contribution < -0.4 is 10.1 Å². The number of carbonyl (C=O) groups excluding carboxylic acids is 2. The van der Waals surface area contributed by atoms with Crippen molar-refractivity contribution in [2.45, 2.75) is 0 Å². The number of aromatic hydroxyl groups is 1.